The molecule has 3 amide bonds. The zero-order chi connectivity index (χ0) is 32.5. The highest BCUT2D eigenvalue weighted by Gasteiger charge is 2.31. The minimum absolute atomic E-state index is 0.0996. The van der Waals surface area contributed by atoms with Crippen LogP contribution in [-0.2, 0) is 27.2 Å². The lowest BCUT2D eigenvalue weighted by Crippen LogP contribution is -2.56. The van der Waals surface area contributed by atoms with Gasteiger partial charge >= 0.3 is 6.09 Å². The van der Waals surface area contributed by atoms with Crippen molar-refractivity contribution in [2.24, 2.45) is 0 Å². The van der Waals surface area contributed by atoms with Gasteiger partial charge < -0.3 is 36.0 Å². The summed E-state index contributed by atoms with van der Waals surface area (Å²) >= 11 is 0. The lowest BCUT2D eigenvalue weighted by molar-refractivity contribution is -0.130. The number of nitrogens with zero attached hydrogens (tertiary/aromatic N) is 2. The summed E-state index contributed by atoms with van der Waals surface area (Å²) in [5.74, 6) is -1.02. The standard InChI is InChI=1S/C34H40N8O4/c1-21(15-35-3)12-22(2)40-32(43)30(13-23-16-36-19-38-23)41-33(44)31(14-24-17-37-20-39-24)42-34(45)46-18-29-27-10-6-4-8-25(27)26-9-5-7-11-28(26)29/h4-11,15-17,19-20,22,29-31,35H,12-14,18H2,1-3H3,(H,36,38)(H,37,39)(H,40,43)(H,41,44)(H,42,45)/b21-15+. The van der Waals surface area contributed by atoms with Crippen molar-refractivity contribution in [3.05, 3.63) is 108 Å². The van der Waals surface area contributed by atoms with Crippen molar-refractivity contribution in [3.63, 3.8) is 0 Å². The number of aromatic nitrogens is 4. The summed E-state index contributed by atoms with van der Waals surface area (Å²) in [6, 6.07) is 14.0. The number of aromatic amines is 2. The van der Waals surface area contributed by atoms with Crippen LogP contribution in [0.3, 0.4) is 0 Å². The summed E-state index contributed by atoms with van der Waals surface area (Å²) < 4.78 is 5.73. The second-order valence-corrected chi connectivity index (χ2v) is 11.5. The molecule has 3 unspecified atom stereocenters. The Morgan fingerprint density at radius 3 is 1.93 bits per heavy atom. The largest absolute Gasteiger partial charge is 0.449 e. The quantitative estimate of drug-likeness (QED) is 0.125. The highest BCUT2D eigenvalue weighted by atomic mass is 16.5. The predicted molar refractivity (Wildman–Crippen MR) is 174 cm³/mol. The molecule has 0 aliphatic heterocycles. The predicted octanol–water partition coefficient (Wildman–Crippen LogP) is 3.33. The van der Waals surface area contributed by atoms with Gasteiger partial charge in [0, 0.05) is 55.6 Å². The molecule has 12 heteroatoms. The molecule has 0 fully saturated rings. The lowest BCUT2D eigenvalue weighted by atomic mass is 9.98. The Hall–Kier alpha value is -5.39. The van der Waals surface area contributed by atoms with Crippen molar-refractivity contribution in [2.75, 3.05) is 13.7 Å². The van der Waals surface area contributed by atoms with Gasteiger partial charge in [-0.2, -0.15) is 0 Å². The number of rotatable bonds is 14. The highest BCUT2D eigenvalue weighted by molar-refractivity contribution is 5.91. The summed E-state index contributed by atoms with van der Waals surface area (Å²) in [6.45, 7) is 3.97. The molecular formula is C34H40N8O4. The highest BCUT2D eigenvalue weighted by Crippen LogP contribution is 2.44. The van der Waals surface area contributed by atoms with E-state index in [1.807, 2.05) is 63.5 Å². The number of nitrogens with one attached hydrogen (secondary N) is 6. The topological polar surface area (TPSA) is 166 Å². The molecule has 5 rings (SSSR count). The maximum absolute atomic E-state index is 13.7. The molecule has 2 heterocycles. The van der Waals surface area contributed by atoms with E-state index in [9.17, 15) is 14.4 Å². The summed E-state index contributed by atoms with van der Waals surface area (Å²) in [6.07, 6.45) is 8.25. The van der Waals surface area contributed by atoms with E-state index < -0.39 is 24.1 Å². The molecule has 6 N–H and O–H groups in total. The second kappa shape index (κ2) is 15.1. The van der Waals surface area contributed by atoms with E-state index in [2.05, 4.69) is 53.3 Å². The van der Waals surface area contributed by atoms with Gasteiger partial charge in [-0.25, -0.2) is 14.8 Å². The maximum atomic E-state index is 13.7. The fraction of sp³-hybridized carbons (Fsp3) is 0.324. The third kappa shape index (κ3) is 8.00. The average Bonchev–Trinajstić information content (AvgIpc) is 3.81. The molecule has 0 spiro atoms. The summed E-state index contributed by atoms with van der Waals surface area (Å²) in [7, 11) is 1.82. The molecule has 0 saturated heterocycles. The second-order valence-electron chi connectivity index (χ2n) is 11.5. The van der Waals surface area contributed by atoms with Gasteiger partial charge in [-0.05, 0) is 48.7 Å². The van der Waals surface area contributed by atoms with E-state index >= 15 is 0 Å². The van der Waals surface area contributed by atoms with Crippen LogP contribution < -0.4 is 21.3 Å². The molecule has 12 nitrogen and oxygen atoms in total. The molecule has 0 saturated carbocycles. The zero-order valence-corrected chi connectivity index (χ0v) is 26.2. The number of ether oxygens (including phenoxy) is 1. The number of carbonyl (C=O) groups is 3. The molecule has 4 aromatic rings. The van der Waals surface area contributed by atoms with Gasteiger partial charge in [0.15, 0.2) is 0 Å². The summed E-state index contributed by atoms with van der Waals surface area (Å²) in [5, 5.41) is 11.6. The van der Waals surface area contributed by atoms with E-state index in [0.29, 0.717) is 17.8 Å². The molecule has 1 aliphatic carbocycles. The first-order chi connectivity index (χ1) is 22.3. The fourth-order valence-electron chi connectivity index (χ4n) is 5.89. The maximum Gasteiger partial charge on any atom is 0.407 e. The normalized spacial score (nSPS) is 14.4. The van der Waals surface area contributed by atoms with Crippen LogP contribution in [0.25, 0.3) is 11.1 Å². The van der Waals surface area contributed by atoms with Crippen molar-refractivity contribution in [1.82, 2.24) is 41.2 Å². The molecule has 2 aromatic carbocycles. The Morgan fingerprint density at radius 1 is 0.848 bits per heavy atom. The minimum Gasteiger partial charge on any atom is -0.449 e. The van der Waals surface area contributed by atoms with Crippen LogP contribution in [0.5, 0.6) is 0 Å². The number of H-pyrrole nitrogens is 2. The van der Waals surface area contributed by atoms with Crippen molar-refractivity contribution >= 4 is 17.9 Å². The van der Waals surface area contributed by atoms with Crippen LogP contribution in [0.15, 0.2) is 85.4 Å². The van der Waals surface area contributed by atoms with Gasteiger partial charge in [0.25, 0.3) is 0 Å². The number of benzene rings is 2. The van der Waals surface area contributed by atoms with Crippen molar-refractivity contribution in [1.29, 1.82) is 0 Å². The third-order valence-electron chi connectivity index (χ3n) is 7.95. The number of hydrogen-bond donors (Lipinski definition) is 6. The Morgan fingerprint density at radius 2 is 1.39 bits per heavy atom. The van der Waals surface area contributed by atoms with Gasteiger partial charge in [0.05, 0.1) is 12.7 Å². The Balaban J connectivity index is 1.27. The first-order valence-electron chi connectivity index (χ1n) is 15.3. The van der Waals surface area contributed by atoms with E-state index in [0.717, 1.165) is 27.8 Å². The number of hydrogen-bond acceptors (Lipinski definition) is 7. The van der Waals surface area contributed by atoms with E-state index in [1.54, 1.807) is 12.4 Å². The lowest BCUT2D eigenvalue weighted by Gasteiger charge is -2.24. The molecule has 240 valence electrons. The number of imidazole rings is 2. The summed E-state index contributed by atoms with van der Waals surface area (Å²) in [5.41, 5.74) is 6.78. The van der Waals surface area contributed by atoms with Gasteiger partial charge in [-0.15, -0.1) is 0 Å². The molecule has 2 aromatic heterocycles. The van der Waals surface area contributed by atoms with Crippen LogP contribution in [0.4, 0.5) is 4.79 Å². The van der Waals surface area contributed by atoms with Crippen molar-refractivity contribution in [2.45, 2.75) is 57.2 Å². The molecule has 1 aliphatic rings. The van der Waals surface area contributed by atoms with Crippen LogP contribution >= 0.6 is 0 Å². The van der Waals surface area contributed by atoms with Crippen LogP contribution in [-0.4, -0.2) is 69.6 Å². The number of carbonyl (C=O) groups excluding carboxylic acids is 3. The average molecular weight is 625 g/mol. The molecule has 0 radical (unpaired) electrons. The Bertz CT molecular complexity index is 1610. The van der Waals surface area contributed by atoms with Gasteiger partial charge in [0.2, 0.25) is 11.8 Å². The van der Waals surface area contributed by atoms with Crippen LogP contribution in [0, 0.1) is 0 Å². The SMILES string of the molecule is CN/C=C(\C)CC(C)NC(=O)C(Cc1cnc[nH]1)NC(=O)C(Cc1cnc[nH]1)NC(=O)OCC1c2ccccc2-c2ccccc21. The third-order valence-corrected chi connectivity index (χ3v) is 7.95. The number of amides is 3. The number of fused-ring (bicyclic) bond motifs is 3. The molecule has 0 bridgehead atoms. The molecule has 3 atom stereocenters. The van der Waals surface area contributed by atoms with E-state index in [1.165, 1.54) is 12.7 Å². The Labute approximate surface area is 267 Å². The first kappa shape index (κ1) is 32.0. The minimum atomic E-state index is -1.05. The summed E-state index contributed by atoms with van der Waals surface area (Å²) in [4.78, 5) is 54.4. The Kier molecular flexibility index (Phi) is 10.5. The van der Waals surface area contributed by atoms with Gasteiger partial charge in [-0.3, -0.25) is 9.59 Å². The van der Waals surface area contributed by atoms with Crippen molar-refractivity contribution < 1.29 is 19.1 Å². The van der Waals surface area contributed by atoms with Crippen LogP contribution in [0.1, 0.15) is 48.7 Å². The first-order valence-corrected chi connectivity index (χ1v) is 15.3. The van der Waals surface area contributed by atoms with Crippen molar-refractivity contribution in [3.8, 4) is 11.1 Å². The fourth-order valence-corrected chi connectivity index (χ4v) is 5.89. The van der Waals surface area contributed by atoms with E-state index in [-0.39, 0.29) is 37.3 Å². The van der Waals surface area contributed by atoms with Gasteiger partial charge in [0.1, 0.15) is 18.7 Å². The van der Waals surface area contributed by atoms with Gasteiger partial charge in [-0.1, -0.05) is 54.1 Å². The van der Waals surface area contributed by atoms with Crippen LogP contribution in [0.2, 0.25) is 0 Å². The molecule has 46 heavy (non-hydrogen) atoms. The monoisotopic (exact) mass is 624 g/mol. The smallest absolute Gasteiger partial charge is 0.407 e. The number of alkyl carbamates (subject to hydrolysis) is 1. The van der Waals surface area contributed by atoms with E-state index in [4.69, 9.17) is 4.74 Å². The molecular weight excluding hydrogens is 584 g/mol. The zero-order valence-electron chi connectivity index (χ0n) is 26.2.